The highest BCUT2D eigenvalue weighted by atomic mass is 16.2. The fourth-order valence-corrected chi connectivity index (χ4v) is 2.10. The Morgan fingerprint density at radius 2 is 2.17 bits per heavy atom. The number of amides is 1. The molecule has 98 valence electrons. The lowest BCUT2D eigenvalue weighted by Crippen LogP contribution is -2.48. The molecule has 1 aliphatic heterocycles. The SMILES string of the molecule is CC1CN(C(=O)c2cc(=O)[nH]c(=O)[nH]2)CCC1N. The maximum Gasteiger partial charge on any atom is 0.326 e. The molecular weight excluding hydrogens is 236 g/mol. The van der Waals surface area contributed by atoms with Crippen molar-refractivity contribution in [3.63, 3.8) is 0 Å². The third-order valence-corrected chi connectivity index (χ3v) is 3.25. The smallest absolute Gasteiger partial charge is 0.326 e. The molecular formula is C11H16N4O3. The number of hydrogen-bond donors (Lipinski definition) is 3. The number of likely N-dealkylation sites (tertiary alicyclic amines) is 1. The van der Waals surface area contributed by atoms with Gasteiger partial charge in [0.2, 0.25) is 0 Å². The molecule has 2 unspecified atom stereocenters. The second-order valence-corrected chi connectivity index (χ2v) is 4.68. The van der Waals surface area contributed by atoms with Gasteiger partial charge >= 0.3 is 5.69 Å². The number of nitrogens with one attached hydrogen (secondary N) is 2. The summed E-state index contributed by atoms with van der Waals surface area (Å²) in [6.45, 7) is 3.05. The van der Waals surface area contributed by atoms with Gasteiger partial charge in [-0.1, -0.05) is 6.92 Å². The van der Waals surface area contributed by atoms with Gasteiger partial charge in [0.25, 0.3) is 11.5 Å². The Hall–Kier alpha value is -1.89. The lowest BCUT2D eigenvalue weighted by atomic mass is 9.94. The molecule has 1 aromatic rings. The predicted molar refractivity (Wildman–Crippen MR) is 65.3 cm³/mol. The number of piperidine rings is 1. The summed E-state index contributed by atoms with van der Waals surface area (Å²) in [5, 5.41) is 0. The summed E-state index contributed by atoms with van der Waals surface area (Å²) in [4.78, 5) is 40.4. The second kappa shape index (κ2) is 4.77. The molecule has 1 aliphatic rings. The average molecular weight is 252 g/mol. The zero-order chi connectivity index (χ0) is 13.3. The molecule has 0 radical (unpaired) electrons. The van der Waals surface area contributed by atoms with E-state index in [1.165, 1.54) is 0 Å². The van der Waals surface area contributed by atoms with E-state index in [2.05, 4.69) is 4.98 Å². The topological polar surface area (TPSA) is 112 Å². The van der Waals surface area contributed by atoms with Crippen LogP contribution in [-0.2, 0) is 0 Å². The highest BCUT2D eigenvalue weighted by molar-refractivity contribution is 5.92. The minimum atomic E-state index is -0.674. The number of nitrogens with zero attached hydrogens (tertiary/aromatic N) is 1. The second-order valence-electron chi connectivity index (χ2n) is 4.68. The van der Waals surface area contributed by atoms with Gasteiger partial charge in [-0.05, 0) is 12.3 Å². The Morgan fingerprint density at radius 3 is 2.78 bits per heavy atom. The van der Waals surface area contributed by atoms with E-state index < -0.39 is 11.2 Å². The van der Waals surface area contributed by atoms with Gasteiger partial charge in [0.1, 0.15) is 5.69 Å². The molecule has 1 saturated heterocycles. The summed E-state index contributed by atoms with van der Waals surface area (Å²) in [6, 6.07) is 1.19. The van der Waals surface area contributed by atoms with Crippen LogP contribution in [0.25, 0.3) is 0 Å². The van der Waals surface area contributed by atoms with E-state index in [0.29, 0.717) is 13.1 Å². The van der Waals surface area contributed by atoms with E-state index >= 15 is 0 Å². The van der Waals surface area contributed by atoms with Crippen LogP contribution in [0.4, 0.5) is 0 Å². The van der Waals surface area contributed by atoms with Gasteiger partial charge in [0.15, 0.2) is 0 Å². The van der Waals surface area contributed by atoms with Crippen LogP contribution in [-0.4, -0.2) is 39.9 Å². The zero-order valence-electron chi connectivity index (χ0n) is 10.1. The van der Waals surface area contributed by atoms with Crippen LogP contribution in [0.5, 0.6) is 0 Å². The fourth-order valence-electron chi connectivity index (χ4n) is 2.10. The average Bonchev–Trinajstić information content (AvgIpc) is 2.30. The first-order valence-electron chi connectivity index (χ1n) is 5.86. The molecule has 0 aliphatic carbocycles. The van der Waals surface area contributed by atoms with Crippen molar-refractivity contribution in [2.24, 2.45) is 11.7 Å². The van der Waals surface area contributed by atoms with Crippen LogP contribution in [0, 0.1) is 5.92 Å². The van der Waals surface area contributed by atoms with Crippen molar-refractivity contribution in [3.05, 3.63) is 32.6 Å². The molecule has 7 heteroatoms. The van der Waals surface area contributed by atoms with Crippen molar-refractivity contribution < 1.29 is 4.79 Å². The van der Waals surface area contributed by atoms with Gasteiger partial charge in [0, 0.05) is 25.2 Å². The Morgan fingerprint density at radius 1 is 1.44 bits per heavy atom. The molecule has 1 fully saturated rings. The normalized spacial score (nSPS) is 24.0. The molecule has 2 atom stereocenters. The maximum absolute atomic E-state index is 12.1. The minimum Gasteiger partial charge on any atom is -0.337 e. The monoisotopic (exact) mass is 252 g/mol. The number of carbonyl (C=O) groups excluding carboxylic acids is 1. The van der Waals surface area contributed by atoms with E-state index in [4.69, 9.17) is 5.73 Å². The number of aromatic amines is 2. The molecule has 18 heavy (non-hydrogen) atoms. The third kappa shape index (κ3) is 2.51. The first-order valence-corrected chi connectivity index (χ1v) is 5.86. The molecule has 2 heterocycles. The van der Waals surface area contributed by atoms with Gasteiger partial charge in [-0.2, -0.15) is 0 Å². The fraction of sp³-hybridized carbons (Fsp3) is 0.545. The number of carbonyl (C=O) groups is 1. The van der Waals surface area contributed by atoms with Crippen molar-refractivity contribution in [1.29, 1.82) is 0 Å². The summed E-state index contributed by atoms with van der Waals surface area (Å²) in [5.41, 5.74) is 4.64. The first-order chi connectivity index (χ1) is 8.47. The van der Waals surface area contributed by atoms with Crippen LogP contribution in [0.3, 0.4) is 0 Å². The molecule has 1 amide bonds. The zero-order valence-corrected chi connectivity index (χ0v) is 10.1. The Bertz CT molecular complexity index is 534. The summed E-state index contributed by atoms with van der Waals surface area (Å²) < 4.78 is 0. The lowest BCUT2D eigenvalue weighted by Gasteiger charge is -2.34. The van der Waals surface area contributed by atoms with Crippen LogP contribution in [0.1, 0.15) is 23.8 Å². The van der Waals surface area contributed by atoms with Crippen LogP contribution < -0.4 is 17.0 Å². The Labute approximate surface area is 103 Å². The number of rotatable bonds is 1. The van der Waals surface area contributed by atoms with Crippen molar-refractivity contribution in [1.82, 2.24) is 14.9 Å². The maximum atomic E-state index is 12.1. The minimum absolute atomic E-state index is 0.0198. The highest BCUT2D eigenvalue weighted by Gasteiger charge is 2.27. The molecule has 0 spiro atoms. The largest absolute Gasteiger partial charge is 0.337 e. The van der Waals surface area contributed by atoms with Crippen LogP contribution >= 0.6 is 0 Å². The molecule has 0 aromatic carbocycles. The number of aromatic nitrogens is 2. The standard InChI is InChI=1S/C11H16N4O3/c1-6-5-15(3-2-7(6)12)10(17)8-4-9(16)14-11(18)13-8/h4,6-7H,2-3,5,12H2,1H3,(H2,13,14,16,18). The van der Waals surface area contributed by atoms with Crippen molar-refractivity contribution in [2.45, 2.75) is 19.4 Å². The quantitative estimate of drug-likeness (QED) is 0.587. The number of H-pyrrole nitrogens is 2. The van der Waals surface area contributed by atoms with Gasteiger partial charge in [0.05, 0.1) is 0 Å². The molecule has 7 nitrogen and oxygen atoms in total. The summed E-state index contributed by atoms with van der Waals surface area (Å²) in [5.74, 6) is -0.131. The van der Waals surface area contributed by atoms with Crippen molar-refractivity contribution in [3.8, 4) is 0 Å². The lowest BCUT2D eigenvalue weighted by molar-refractivity contribution is 0.0657. The summed E-state index contributed by atoms with van der Waals surface area (Å²) >= 11 is 0. The summed E-state index contributed by atoms with van der Waals surface area (Å²) in [7, 11) is 0. The van der Waals surface area contributed by atoms with Gasteiger partial charge in [-0.3, -0.25) is 14.6 Å². The van der Waals surface area contributed by atoms with Crippen molar-refractivity contribution >= 4 is 5.91 Å². The predicted octanol–water partition coefficient (Wildman–Crippen LogP) is -1.13. The third-order valence-electron chi connectivity index (χ3n) is 3.25. The van der Waals surface area contributed by atoms with Gasteiger partial charge in [-0.25, -0.2) is 4.79 Å². The van der Waals surface area contributed by atoms with E-state index in [1.54, 1.807) is 4.90 Å². The van der Waals surface area contributed by atoms with E-state index in [0.717, 1.165) is 12.5 Å². The number of nitrogens with two attached hydrogens (primary N) is 1. The molecule has 4 N–H and O–H groups in total. The van der Waals surface area contributed by atoms with Gasteiger partial charge in [-0.15, -0.1) is 0 Å². The molecule has 2 rings (SSSR count). The van der Waals surface area contributed by atoms with E-state index in [9.17, 15) is 14.4 Å². The van der Waals surface area contributed by atoms with Crippen molar-refractivity contribution in [2.75, 3.05) is 13.1 Å². The first kappa shape index (κ1) is 12.6. The molecule has 0 bridgehead atoms. The van der Waals surface area contributed by atoms with Crippen LogP contribution in [0.15, 0.2) is 15.7 Å². The van der Waals surface area contributed by atoms with Gasteiger partial charge < -0.3 is 15.6 Å². The van der Waals surface area contributed by atoms with Crippen LogP contribution in [0.2, 0.25) is 0 Å². The Kier molecular flexibility index (Phi) is 3.33. The molecule has 1 aromatic heterocycles. The van der Waals surface area contributed by atoms with E-state index in [1.807, 2.05) is 11.9 Å². The highest BCUT2D eigenvalue weighted by Crippen LogP contribution is 2.16. The Balaban J connectivity index is 2.21. The summed E-state index contributed by atoms with van der Waals surface area (Å²) in [6.07, 6.45) is 0.723. The molecule has 0 saturated carbocycles. The number of hydrogen-bond acceptors (Lipinski definition) is 4. The van der Waals surface area contributed by atoms with E-state index in [-0.39, 0.29) is 23.6 Å².